The van der Waals surface area contributed by atoms with Gasteiger partial charge in [0.25, 0.3) is 5.56 Å². The van der Waals surface area contributed by atoms with Crippen LogP contribution in [-0.2, 0) is 31.8 Å². The number of benzene rings is 8. The first-order chi connectivity index (χ1) is 36.3. The number of carboxylic acid groups (broad SMARTS) is 1. The SMILES string of the molecule is Cn1c(=O)ccc2c(C(O/N=C(\C(=O)O)c3csc(NC(c4ccccc4)(c4ccccc4)c4ccccc4)n3)C(=O)OC(c3ccccc3)c3ccccc3)ccc(OC(c3ccccc3)c3ccccc3)c21. The van der Waals surface area contributed by atoms with Crippen molar-refractivity contribution in [2.24, 2.45) is 12.2 Å². The summed E-state index contributed by atoms with van der Waals surface area (Å²) >= 11 is 1.19. The molecule has 0 radical (unpaired) electrons. The number of aliphatic carboxylic acids is 1. The number of nitrogens with zero attached hydrogens (tertiary/aromatic N) is 3. The van der Waals surface area contributed by atoms with Gasteiger partial charge in [-0.3, -0.25) is 4.79 Å². The zero-order chi connectivity index (χ0) is 50.9. The lowest BCUT2D eigenvalue weighted by atomic mass is 9.77. The Bertz CT molecular complexity index is 3420. The monoisotopic (exact) mass is 992 g/mol. The van der Waals surface area contributed by atoms with E-state index in [4.69, 9.17) is 19.3 Å². The van der Waals surface area contributed by atoms with Gasteiger partial charge in [-0.2, -0.15) is 0 Å². The minimum Gasteiger partial charge on any atom is -0.479 e. The third kappa shape index (κ3) is 10.1. The summed E-state index contributed by atoms with van der Waals surface area (Å²) < 4.78 is 14.8. The highest BCUT2D eigenvalue weighted by atomic mass is 32.1. The van der Waals surface area contributed by atoms with E-state index in [1.54, 1.807) is 30.6 Å². The fraction of sp³-hybridized carbons (Fsp3) is 0.0806. The highest BCUT2D eigenvalue weighted by Crippen LogP contribution is 2.42. The number of hydrogen-bond donors (Lipinski definition) is 2. The number of rotatable bonds is 18. The van der Waals surface area contributed by atoms with E-state index in [2.05, 4.69) is 10.5 Å². The van der Waals surface area contributed by atoms with Crippen molar-refractivity contribution in [3.63, 3.8) is 0 Å². The number of carboxylic acids is 1. The first kappa shape index (κ1) is 48.2. The number of ether oxygens (including phenoxy) is 2. The van der Waals surface area contributed by atoms with Crippen molar-refractivity contribution < 1.29 is 29.0 Å². The molecular weight excluding hydrogens is 945 g/mol. The van der Waals surface area contributed by atoms with Crippen molar-refractivity contribution in [2.75, 3.05) is 5.32 Å². The number of anilines is 1. The first-order valence-electron chi connectivity index (χ1n) is 23.9. The number of carbonyl (C=O) groups is 2. The van der Waals surface area contributed by atoms with Gasteiger partial charge in [-0.1, -0.05) is 224 Å². The lowest BCUT2D eigenvalue weighted by Gasteiger charge is -2.36. The smallest absolute Gasteiger partial charge is 0.360 e. The molecule has 0 spiro atoms. The molecule has 10 aromatic rings. The molecule has 12 heteroatoms. The van der Waals surface area contributed by atoms with Crippen molar-refractivity contribution in [3.05, 3.63) is 303 Å². The molecule has 0 bridgehead atoms. The van der Waals surface area contributed by atoms with Crippen LogP contribution in [0.5, 0.6) is 5.75 Å². The normalized spacial score (nSPS) is 12.1. The molecule has 10 rings (SSSR count). The molecule has 0 saturated carbocycles. The second kappa shape index (κ2) is 21.9. The largest absolute Gasteiger partial charge is 0.479 e. The maximum absolute atomic E-state index is 15.1. The predicted octanol–water partition coefficient (Wildman–Crippen LogP) is 12.4. The lowest BCUT2D eigenvalue weighted by Crippen LogP contribution is -2.38. The molecule has 0 aliphatic carbocycles. The fourth-order valence-electron chi connectivity index (χ4n) is 9.21. The molecule has 0 aliphatic heterocycles. The summed E-state index contributed by atoms with van der Waals surface area (Å²) in [5.74, 6) is -2.00. The minimum absolute atomic E-state index is 0.0180. The number of oxime groups is 1. The van der Waals surface area contributed by atoms with E-state index in [9.17, 15) is 14.7 Å². The number of aromatic nitrogens is 2. The van der Waals surface area contributed by atoms with Crippen LogP contribution in [0.25, 0.3) is 10.9 Å². The Morgan fingerprint density at radius 2 is 1.04 bits per heavy atom. The molecule has 0 amide bonds. The predicted molar refractivity (Wildman–Crippen MR) is 288 cm³/mol. The van der Waals surface area contributed by atoms with E-state index in [0.29, 0.717) is 32.9 Å². The van der Waals surface area contributed by atoms with Crippen molar-refractivity contribution >= 4 is 45.0 Å². The number of thiazole rings is 1. The minimum atomic E-state index is -1.69. The third-order valence-corrected chi connectivity index (χ3v) is 13.5. The van der Waals surface area contributed by atoms with Gasteiger partial charge in [0.1, 0.15) is 23.1 Å². The molecule has 11 nitrogen and oxygen atoms in total. The number of carbonyl (C=O) groups excluding carboxylic acids is 1. The van der Waals surface area contributed by atoms with Crippen molar-refractivity contribution in [1.82, 2.24) is 9.55 Å². The van der Waals surface area contributed by atoms with Crippen molar-refractivity contribution in [1.29, 1.82) is 0 Å². The van der Waals surface area contributed by atoms with Crippen LogP contribution in [0.15, 0.2) is 252 Å². The average Bonchev–Trinajstić information content (AvgIpc) is 3.92. The highest BCUT2D eigenvalue weighted by Gasteiger charge is 2.38. The molecular formula is C62H48N4O7S. The van der Waals surface area contributed by atoms with E-state index in [-0.39, 0.29) is 16.8 Å². The van der Waals surface area contributed by atoms with Gasteiger partial charge in [-0.25, -0.2) is 14.6 Å². The zero-order valence-electron chi connectivity index (χ0n) is 40.0. The molecule has 2 N–H and O–H groups in total. The highest BCUT2D eigenvalue weighted by molar-refractivity contribution is 7.14. The van der Waals surface area contributed by atoms with E-state index in [0.717, 1.165) is 27.8 Å². The lowest BCUT2D eigenvalue weighted by molar-refractivity contribution is -0.162. The zero-order valence-corrected chi connectivity index (χ0v) is 40.8. The number of hydrogen-bond acceptors (Lipinski definition) is 10. The second-order valence-electron chi connectivity index (χ2n) is 17.3. The summed E-state index contributed by atoms with van der Waals surface area (Å²) in [6, 6.07) is 74.1. The van der Waals surface area contributed by atoms with Gasteiger partial charge in [0.2, 0.25) is 11.8 Å². The van der Waals surface area contributed by atoms with Gasteiger partial charge in [0.05, 0.1) is 5.52 Å². The van der Waals surface area contributed by atoms with E-state index < -0.39 is 41.5 Å². The number of fused-ring (bicyclic) bond motifs is 1. The van der Waals surface area contributed by atoms with Crippen LogP contribution in [-0.4, -0.2) is 32.3 Å². The Labute approximate surface area is 431 Å². The van der Waals surface area contributed by atoms with Crippen LogP contribution in [0.3, 0.4) is 0 Å². The average molecular weight is 993 g/mol. The van der Waals surface area contributed by atoms with E-state index >= 15 is 4.79 Å². The summed E-state index contributed by atoms with van der Waals surface area (Å²) in [6.45, 7) is 0. The van der Waals surface area contributed by atoms with Crippen LogP contribution in [0.4, 0.5) is 5.13 Å². The topological polar surface area (TPSA) is 141 Å². The molecule has 1 atom stereocenters. The number of nitrogens with one attached hydrogen (secondary N) is 1. The van der Waals surface area contributed by atoms with E-state index in [1.807, 2.05) is 212 Å². The second-order valence-corrected chi connectivity index (χ2v) is 18.2. The van der Waals surface area contributed by atoms with Crippen LogP contribution in [0.1, 0.15) is 68.5 Å². The number of pyridine rings is 1. The molecule has 1 unspecified atom stereocenters. The van der Waals surface area contributed by atoms with Gasteiger partial charge < -0.3 is 29.3 Å². The fourth-order valence-corrected chi connectivity index (χ4v) is 9.96. The molecule has 74 heavy (non-hydrogen) atoms. The van der Waals surface area contributed by atoms with Gasteiger partial charge >= 0.3 is 11.9 Å². The molecule has 8 aromatic carbocycles. The summed E-state index contributed by atoms with van der Waals surface area (Å²) in [7, 11) is 1.62. The summed E-state index contributed by atoms with van der Waals surface area (Å²) in [4.78, 5) is 53.1. The molecule has 2 heterocycles. The number of esters is 1. The molecule has 0 saturated heterocycles. The Balaban J connectivity index is 1.08. The van der Waals surface area contributed by atoms with Crippen LogP contribution >= 0.6 is 11.3 Å². The standard InChI is InChI=1S/C62H48N4O7S/c1-66-53(67)40-38-49-50(37-39-52(55(49)66)71-56(42-23-9-2-10-24-42)43-25-11-3-12-26-43)58(60(70)72-57(44-27-13-4-14-28-44)45-29-15-5-16-30-45)73-65-54(59(68)69)51-41-74-61(63-51)64-62(46-31-17-6-18-32-46,47-33-19-7-20-34-47)48-35-21-8-22-36-48/h2-41,56-58H,1H3,(H,63,64)(H,68,69)/b65-54-. The molecule has 0 fully saturated rings. The Hall–Kier alpha value is -9.39. The Morgan fingerprint density at radius 1 is 0.595 bits per heavy atom. The third-order valence-electron chi connectivity index (χ3n) is 12.8. The maximum Gasteiger partial charge on any atom is 0.360 e. The molecule has 0 aliphatic rings. The first-order valence-corrected chi connectivity index (χ1v) is 24.7. The summed E-state index contributed by atoms with van der Waals surface area (Å²) in [5.41, 5.74) is 4.59. The van der Waals surface area contributed by atoms with E-state index in [1.165, 1.54) is 22.0 Å². The van der Waals surface area contributed by atoms with Crippen LogP contribution in [0.2, 0.25) is 0 Å². The maximum atomic E-state index is 15.1. The summed E-state index contributed by atoms with van der Waals surface area (Å²) in [5, 5.41) is 21.2. The molecule has 2 aromatic heterocycles. The van der Waals surface area contributed by atoms with Crippen molar-refractivity contribution in [2.45, 2.75) is 23.9 Å². The van der Waals surface area contributed by atoms with Gasteiger partial charge in [-0.05, 0) is 51.1 Å². The van der Waals surface area contributed by atoms with Crippen LogP contribution < -0.4 is 15.6 Å². The quantitative estimate of drug-likeness (QED) is 0.0372. The van der Waals surface area contributed by atoms with Crippen molar-refractivity contribution in [3.8, 4) is 5.75 Å². The van der Waals surface area contributed by atoms with Gasteiger partial charge in [-0.15, -0.1) is 11.3 Å². The van der Waals surface area contributed by atoms with Gasteiger partial charge in [0, 0.05) is 29.4 Å². The van der Waals surface area contributed by atoms with Gasteiger partial charge in [0.15, 0.2) is 11.2 Å². The molecule has 364 valence electrons. The number of aryl methyl sites for hydroxylation is 1. The summed E-state index contributed by atoms with van der Waals surface area (Å²) in [6.07, 6.45) is -3.18. The Kier molecular flexibility index (Phi) is 14.3. The Morgan fingerprint density at radius 3 is 1.50 bits per heavy atom. The van der Waals surface area contributed by atoms with Crippen LogP contribution in [0, 0.1) is 0 Å².